The molecule has 32 heavy (non-hydrogen) atoms. The van der Waals surface area contributed by atoms with Crippen LogP contribution in [0.15, 0.2) is 34.9 Å². The van der Waals surface area contributed by atoms with Crippen LogP contribution in [0.2, 0.25) is 0 Å². The van der Waals surface area contributed by atoms with Crippen LogP contribution >= 0.6 is 11.8 Å². The molecule has 0 bridgehead atoms. The molecule has 1 unspecified atom stereocenters. The summed E-state index contributed by atoms with van der Waals surface area (Å²) in [6.45, 7) is 4.42. The number of thioether (sulfide) groups is 1. The van der Waals surface area contributed by atoms with Crippen molar-refractivity contribution >= 4 is 41.0 Å². The van der Waals surface area contributed by atoms with E-state index in [-0.39, 0.29) is 36.5 Å². The van der Waals surface area contributed by atoms with Crippen LogP contribution in [0.1, 0.15) is 25.2 Å². The second-order valence-corrected chi connectivity index (χ2v) is 8.16. The van der Waals surface area contributed by atoms with Crippen LogP contribution in [0, 0.1) is 6.92 Å². The molecule has 12 heteroatoms. The molecule has 2 rings (SSSR count). The summed E-state index contributed by atoms with van der Waals surface area (Å²) in [5, 5.41) is 8.33. The van der Waals surface area contributed by atoms with E-state index in [1.807, 2.05) is 0 Å². The van der Waals surface area contributed by atoms with Crippen molar-refractivity contribution in [1.82, 2.24) is 10.1 Å². The molecular weight excluding hydrogens is 449 g/mol. The fourth-order valence-electron chi connectivity index (χ4n) is 2.60. The van der Waals surface area contributed by atoms with Gasteiger partial charge in [0.15, 0.2) is 5.82 Å². The number of hydrogen-bond donors (Lipinski definition) is 2. The van der Waals surface area contributed by atoms with Crippen LogP contribution in [-0.4, -0.2) is 51.5 Å². The molecule has 2 aromatic rings. The molecule has 8 nitrogen and oxygen atoms in total. The monoisotopic (exact) mass is 472 g/mol. The van der Waals surface area contributed by atoms with Crippen molar-refractivity contribution in [2.45, 2.75) is 38.7 Å². The van der Waals surface area contributed by atoms with Gasteiger partial charge in [0.2, 0.25) is 11.8 Å². The van der Waals surface area contributed by atoms with E-state index in [1.54, 1.807) is 38.1 Å². The third-order valence-corrected chi connectivity index (χ3v) is 5.35. The third kappa shape index (κ3) is 7.59. The molecule has 2 N–H and O–H groups in total. The summed E-state index contributed by atoms with van der Waals surface area (Å²) in [5.74, 6) is -1.84. The van der Waals surface area contributed by atoms with Crippen LogP contribution in [0.4, 0.5) is 24.7 Å². The summed E-state index contributed by atoms with van der Waals surface area (Å²) < 4.78 is 42.9. The SMILES string of the molecule is CCN(Cc1cccc(NC(=O)CSC(C)C(=O)Nc2cc(C)on2)c1)C(=O)C(F)(F)F. The smallest absolute Gasteiger partial charge is 0.360 e. The number of alkyl halides is 3. The summed E-state index contributed by atoms with van der Waals surface area (Å²) >= 11 is 1.10. The molecule has 1 atom stereocenters. The van der Waals surface area contributed by atoms with Gasteiger partial charge in [0, 0.05) is 24.8 Å². The first-order valence-electron chi connectivity index (χ1n) is 9.60. The Morgan fingerprint density at radius 2 is 1.94 bits per heavy atom. The highest BCUT2D eigenvalue weighted by Gasteiger charge is 2.41. The molecular formula is C20H23F3N4O4S. The largest absolute Gasteiger partial charge is 0.471 e. The number of carbonyl (C=O) groups excluding carboxylic acids is 3. The van der Waals surface area contributed by atoms with Gasteiger partial charge in [0.05, 0.1) is 11.0 Å². The lowest BCUT2D eigenvalue weighted by Gasteiger charge is -2.22. The van der Waals surface area contributed by atoms with Gasteiger partial charge in [0.25, 0.3) is 0 Å². The van der Waals surface area contributed by atoms with Crippen molar-refractivity contribution in [3.05, 3.63) is 41.7 Å². The van der Waals surface area contributed by atoms with Crippen LogP contribution in [0.25, 0.3) is 0 Å². The van der Waals surface area contributed by atoms with Gasteiger partial charge in [-0.05, 0) is 38.5 Å². The molecule has 174 valence electrons. The zero-order valence-corrected chi connectivity index (χ0v) is 18.5. The first-order chi connectivity index (χ1) is 15.0. The van der Waals surface area contributed by atoms with E-state index < -0.39 is 17.3 Å². The highest BCUT2D eigenvalue weighted by Crippen LogP contribution is 2.21. The van der Waals surface area contributed by atoms with E-state index in [0.717, 1.165) is 11.8 Å². The number of rotatable bonds is 9. The number of benzene rings is 1. The lowest BCUT2D eigenvalue weighted by molar-refractivity contribution is -0.185. The number of aromatic nitrogens is 1. The molecule has 0 spiro atoms. The first-order valence-corrected chi connectivity index (χ1v) is 10.6. The molecule has 0 aliphatic rings. The summed E-state index contributed by atoms with van der Waals surface area (Å²) in [5.41, 5.74) is 0.810. The maximum atomic E-state index is 12.7. The first kappa shape index (κ1) is 25.2. The lowest BCUT2D eigenvalue weighted by atomic mass is 10.2. The molecule has 0 fully saturated rings. The zero-order chi connectivity index (χ0) is 23.9. The van der Waals surface area contributed by atoms with E-state index >= 15 is 0 Å². The molecule has 0 saturated carbocycles. The summed E-state index contributed by atoms with van der Waals surface area (Å²) in [4.78, 5) is 36.5. The Hall–Kier alpha value is -3.02. The number of nitrogens with one attached hydrogen (secondary N) is 2. The Morgan fingerprint density at radius 1 is 1.22 bits per heavy atom. The van der Waals surface area contributed by atoms with E-state index in [0.29, 0.717) is 21.9 Å². The fraction of sp³-hybridized carbons (Fsp3) is 0.400. The van der Waals surface area contributed by atoms with Crippen molar-refractivity contribution in [2.24, 2.45) is 0 Å². The lowest BCUT2D eigenvalue weighted by Crippen LogP contribution is -2.40. The van der Waals surface area contributed by atoms with Gasteiger partial charge < -0.3 is 20.1 Å². The highest BCUT2D eigenvalue weighted by molar-refractivity contribution is 8.01. The van der Waals surface area contributed by atoms with Gasteiger partial charge in [-0.25, -0.2) is 0 Å². The predicted molar refractivity (Wildman–Crippen MR) is 114 cm³/mol. The number of amides is 3. The molecule has 1 heterocycles. The Bertz CT molecular complexity index is 964. The number of anilines is 2. The van der Waals surface area contributed by atoms with Gasteiger partial charge in [0.1, 0.15) is 5.76 Å². The minimum atomic E-state index is -4.95. The number of aryl methyl sites for hydroxylation is 1. The van der Waals surface area contributed by atoms with Gasteiger partial charge in [-0.3, -0.25) is 14.4 Å². The second kappa shape index (κ2) is 11.0. The van der Waals surface area contributed by atoms with E-state index in [9.17, 15) is 27.6 Å². The molecule has 0 radical (unpaired) electrons. The number of carbonyl (C=O) groups is 3. The van der Waals surface area contributed by atoms with Crippen molar-refractivity contribution < 1.29 is 32.1 Å². The average Bonchev–Trinajstić information content (AvgIpc) is 3.13. The predicted octanol–water partition coefficient (Wildman–Crippen LogP) is 3.59. The Kier molecular flexibility index (Phi) is 8.70. The second-order valence-electron chi connectivity index (χ2n) is 6.83. The van der Waals surface area contributed by atoms with Gasteiger partial charge >= 0.3 is 12.1 Å². The van der Waals surface area contributed by atoms with Crippen molar-refractivity contribution in [2.75, 3.05) is 22.9 Å². The Labute approximate surface area is 186 Å². The summed E-state index contributed by atoms with van der Waals surface area (Å²) in [7, 11) is 0. The number of nitrogens with zero attached hydrogens (tertiary/aromatic N) is 2. The van der Waals surface area contributed by atoms with Crippen molar-refractivity contribution in [3.63, 3.8) is 0 Å². The van der Waals surface area contributed by atoms with Crippen molar-refractivity contribution in [1.29, 1.82) is 0 Å². The van der Waals surface area contributed by atoms with Crippen LogP contribution in [0.5, 0.6) is 0 Å². The minimum absolute atomic E-state index is 0.0235. The molecule has 0 saturated heterocycles. The molecule has 0 aliphatic carbocycles. The van der Waals surface area contributed by atoms with Crippen molar-refractivity contribution in [3.8, 4) is 0 Å². The van der Waals surface area contributed by atoms with E-state index in [2.05, 4.69) is 15.8 Å². The van der Waals surface area contributed by atoms with Gasteiger partial charge in [-0.1, -0.05) is 17.3 Å². The molecule has 0 aliphatic heterocycles. The highest BCUT2D eigenvalue weighted by atomic mass is 32.2. The molecule has 1 aromatic heterocycles. The zero-order valence-electron chi connectivity index (χ0n) is 17.7. The minimum Gasteiger partial charge on any atom is -0.360 e. The van der Waals surface area contributed by atoms with Gasteiger partial charge in [-0.15, -0.1) is 11.8 Å². The standard InChI is InChI=1S/C20H23F3N4O4S/c1-4-27(19(30)20(21,22)23)10-14-6-5-7-15(9-14)24-17(28)11-32-13(3)18(29)25-16-8-12(2)31-26-16/h5-9,13H,4,10-11H2,1-3H3,(H,24,28)(H,25,26,29). The van der Waals surface area contributed by atoms with Crippen LogP contribution in [-0.2, 0) is 20.9 Å². The van der Waals surface area contributed by atoms with E-state index in [1.165, 1.54) is 13.0 Å². The molecule has 3 amide bonds. The number of halogens is 3. The number of hydrogen-bond acceptors (Lipinski definition) is 6. The normalized spacial score (nSPS) is 12.2. The van der Waals surface area contributed by atoms with Gasteiger partial charge in [-0.2, -0.15) is 13.2 Å². The van der Waals surface area contributed by atoms with E-state index in [4.69, 9.17) is 4.52 Å². The maximum Gasteiger partial charge on any atom is 0.471 e. The van der Waals surface area contributed by atoms with Crippen LogP contribution < -0.4 is 10.6 Å². The summed E-state index contributed by atoms with van der Waals surface area (Å²) in [6, 6.07) is 7.78. The average molecular weight is 472 g/mol. The Balaban J connectivity index is 1.87. The maximum absolute atomic E-state index is 12.7. The quantitative estimate of drug-likeness (QED) is 0.578. The summed E-state index contributed by atoms with van der Waals surface area (Å²) in [6.07, 6.45) is -4.95. The topological polar surface area (TPSA) is 105 Å². The molecule has 1 aromatic carbocycles. The fourth-order valence-corrected chi connectivity index (χ4v) is 3.28. The Morgan fingerprint density at radius 3 is 2.53 bits per heavy atom. The third-order valence-electron chi connectivity index (χ3n) is 4.21. The van der Waals surface area contributed by atoms with Crippen LogP contribution in [0.3, 0.4) is 0 Å².